The number of carbonyl (C=O) groups excluding carboxylic acids is 2. The molecule has 1 aromatic carbocycles. The van der Waals surface area contributed by atoms with Crippen molar-refractivity contribution in [3.05, 3.63) is 34.9 Å². The van der Waals surface area contributed by atoms with Crippen molar-refractivity contribution < 1.29 is 19.8 Å². The van der Waals surface area contributed by atoms with Gasteiger partial charge in [-0.15, -0.1) is 0 Å². The minimum Gasteiger partial charge on any atom is -0.370 e. The Bertz CT molecular complexity index is 1070. The minimum atomic E-state index is -2.61. The monoisotopic (exact) mass is 442 g/mol. The molecule has 10 N–H and O–H groups in total. The van der Waals surface area contributed by atoms with E-state index in [1.165, 1.54) is 4.90 Å². The molecule has 4 aliphatic rings. The molecule has 1 fully saturated rings. The summed E-state index contributed by atoms with van der Waals surface area (Å²) in [5.41, 5.74) is 18.2. The average molecular weight is 442 g/mol. The molecule has 0 bridgehead atoms. The van der Waals surface area contributed by atoms with Gasteiger partial charge in [-0.05, 0) is 42.9 Å². The van der Waals surface area contributed by atoms with Gasteiger partial charge >= 0.3 is 0 Å². The van der Waals surface area contributed by atoms with Gasteiger partial charge < -0.3 is 42.9 Å². The highest BCUT2D eigenvalue weighted by Gasteiger charge is 2.74. The van der Waals surface area contributed by atoms with E-state index in [2.05, 4.69) is 20.6 Å². The summed E-state index contributed by atoms with van der Waals surface area (Å²) in [4.78, 5) is 34.8. The number of aliphatic hydroxyl groups is 2. The lowest BCUT2D eigenvalue weighted by atomic mass is 9.84. The number of hydrogen-bond donors (Lipinski definition) is 7. The lowest BCUT2D eigenvalue weighted by Gasteiger charge is -2.48. The molecular formula is C20H26N8O4. The van der Waals surface area contributed by atoms with Crippen LogP contribution in [-0.4, -0.2) is 75.0 Å². The summed E-state index contributed by atoms with van der Waals surface area (Å²) in [6, 6.07) is 1.98. The van der Waals surface area contributed by atoms with E-state index in [1.807, 2.05) is 12.1 Å². The maximum atomic E-state index is 13.2. The van der Waals surface area contributed by atoms with Crippen molar-refractivity contribution in [2.45, 2.75) is 55.3 Å². The molecule has 1 spiro atoms. The van der Waals surface area contributed by atoms with Gasteiger partial charge in [0.1, 0.15) is 12.1 Å². The molecule has 170 valence electrons. The van der Waals surface area contributed by atoms with Crippen molar-refractivity contribution in [1.29, 1.82) is 0 Å². The van der Waals surface area contributed by atoms with Crippen molar-refractivity contribution in [2.75, 3.05) is 6.54 Å². The zero-order valence-corrected chi connectivity index (χ0v) is 17.3. The third-order valence-electron chi connectivity index (χ3n) is 6.95. The first-order chi connectivity index (χ1) is 15.2. The maximum absolute atomic E-state index is 13.2. The van der Waals surface area contributed by atoms with Gasteiger partial charge in [0.15, 0.2) is 23.6 Å². The molecular weight excluding hydrogens is 416 g/mol. The number of nitrogens with zero attached hydrogens (tertiary/aromatic N) is 3. The van der Waals surface area contributed by atoms with Crippen LogP contribution in [0.25, 0.3) is 0 Å². The Morgan fingerprint density at radius 1 is 1.19 bits per heavy atom. The topological polar surface area (TPSA) is 205 Å². The lowest BCUT2D eigenvalue weighted by molar-refractivity contribution is -0.230. The van der Waals surface area contributed by atoms with Crippen LogP contribution in [0.3, 0.4) is 0 Å². The first kappa shape index (κ1) is 20.5. The molecule has 0 unspecified atom stereocenters. The molecule has 1 aliphatic carbocycles. The van der Waals surface area contributed by atoms with Crippen LogP contribution in [0.15, 0.2) is 28.2 Å². The quantitative estimate of drug-likeness (QED) is 0.237. The van der Waals surface area contributed by atoms with Crippen LogP contribution in [-0.2, 0) is 17.6 Å². The molecule has 0 saturated carbocycles. The van der Waals surface area contributed by atoms with E-state index < -0.39 is 41.4 Å². The van der Waals surface area contributed by atoms with Crippen molar-refractivity contribution in [1.82, 2.24) is 15.5 Å². The van der Waals surface area contributed by atoms with Gasteiger partial charge in [0.25, 0.3) is 5.91 Å². The predicted octanol–water partition coefficient (Wildman–Crippen LogP) is -3.17. The Morgan fingerprint density at radius 3 is 2.69 bits per heavy atom. The normalized spacial score (nSPS) is 32.1. The van der Waals surface area contributed by atoms with Crippen molar-refractivity contribution in [2.24, 2.45) is 27.2 Å². The summed E-state index contributed by atoms with van der Waals surface area (Å²) < 4.78 is 0. The van der Waals surface area contributed by atoms with Crippen molar-refractivity contribution in [3.8, 4) is 0 Å². The first-order valence-corrected chi connectivity index (χ1v) is 10.5. The van der Waals surface area contributed by atoms with Crippen LogP contribution in [0.1, 0.15) is 34.3 Å². The fourth-order valence-corrected chi connectivity index (χ4v) is 5.45. The number of carbonyl (C=O) groups is 2. The molecule has 1 saturated heterocycles. The first-order valence-electron chi connectivity index (χ1n) is 10.5. The molecule has 5 rings (SSSR count). The lowest BCUT2D eigenvalue weighted by Crippen LogP contribution is -2.78. The van der Waals surface area contributed by atoms with Crippen molar-refractivity contribution >= 4 is 23.7 Å². The Kier molecular flexibility index (Phi) is 4.37. The molecule has 0 radical (unpaired) electrons. The fraction of sp³-hybridized carbons (Fsp3) is 0.500. The maximum Gasteiger partial charge on any atom is 0.252 e. The van der Waals surface area contributed by atoms with Crippen LogP contribution in [0, 0.1) is 0 Å². The van der Waals surface area contributed by atoms with E-state index in [0.717, 1.165) is 36.8 Å². The van der Waals surface area contributed by atoms with Gasteiger partial charge in [-0.3, -0.25) is 9.59 Å². The zero-order chi connectivity index (χ0) is 22.8. The van der Waals surface area contributed by atoms with Gasteiger partial charge in [0.05, 0.1) is 0 Å². The van der Waals surface area contributed by atoms with Crippen LogP contribution in [0.4, 0.5) is 0 Å². The van der Waals surface area contributed by atoms with Crippen LogP contribution in [0.2, 0.25) is 0 Å². The van der Waals surface area contributed by atoms with E-state index in [9.17, 15) is 19.8 Å². The second kappa shape index (κ2) is 6.81. The van der Waals surface area contributed by atoms with E-state index >= 15 is 0 Å². The molecule has 32 heavy (non-hydrogen) atoms. The SMILES string of the molecule is NC(=O)[C@@H]1N=C(N)N2C[C@H](NC(=O)c3cccc4c3CCCC4)C(O)(O)[C@@]23NC(N)=N[C@@H]13. The number of aryl methyl sites for hydroxylation is 1. The minimum absolute atomic E-state index is 0.0963. The zero-order valence-electron chi connectivity index (χ0n) is 17.3. The second-order valence-electron chi connectivity index (χ2n) is 8.70. The Hall–Kier alpha value is -3.38. The number of benzene rings is 1. The summed E-state index contributed by atoms with van der Waals surface area (Å²) in [6.07, 6.45) is 3.76. The van der Waals surface area contributed by atoms with Gasteiger partial charge in [0, 0.05) is 12.1 Å². The molecule has 12 heteroatoms. The molecule has 2 amide bonds. The van der Waals surface area contributed by atoms with E-state index in [4.69, 9.17) is 17.2 Å². The predicted molar refractivity (Wildman–Crippen MR) is 114 cm³/mol. The van der Waals surface area contributed by atoms with Gasteiger partial charge in [-0.25, -0.2) is 9.98 Å². The highest BCUT2D eigenvalue weighted by Crippen LogP contribution is 2.44. The molecule has 0 aromatic heterocycles. The Balaban J connectivity index is 1.49. The highest BCUT2D eigenvalue weighted by atomic mass is 16.5. The Morgan fingerprint density at radius 2 is 1.94 bits per heavy atom. The van der Waals surface area contributed by atoms with Crippen LogP contribution in [0.5, 0.6) is 0 Å². The number of rotatable bonds is 3. The van der Waals surface area contributed by atoms with Crippen LogP contribution < -0.4 is 27.8 Å². The molecule has 3 heterocycles. The molecule has 1 aromatic rings. The fourth-order valence-electron chi connectivity index (χ4n) is 5.45. The number of aliphatic imine (C=N–C) groups is 2. The van der Waals surface area contributed by atoms with E-state index in [1.54, 1.807) is 6.07 Å². The van der Waals surface area contributed by atoms with Gasteiger partial charge in [-0.2, -0.15) is 0 Å². The number of hydrogen-bond acceptors (Lipinski definition) is 10. The van der Waals surface area contributed by atoms with Gasteiger partial charge in [-0.1, -0.05) is 12.1 Å². The number of nitrogens with one attached hydrogen (secondary N) is 2. The summed E-state index contributed by atoms with van der Waals surface area (Å²) in [5, 5.41) is 28.2. The molecule has 12 nitrogen and oxygen atoms in total. The standard InChI is InChI=1S/C20H26N8O4/c21-15(29)13-14-19(27-17(22)26-14)20(31,32)12(8-28(19)18(23)25-13)24-16(30)11-7-3-5-9-4-1-2-6-10(9)11/h3,5,7,12-14,31-32H,1-2,4,6,8H2,(H2,21,29)(H2,23,25)(H,24,30)(H3,22,26,27)/t12-,13+,14-,19-/m0/s1. The smallest absolute Gasteiger partial charge is 0.252 e. The van der Waals surface area contributed by atoms with Gasteiger partial charge in [0.2, 0.25) is 11.7 Å². The van der Waals surface area contributed by atoms with E-state index in [0.29, 0.717) is 5.56 Å². The third kappa shape index (κ3) is 2.62. The summed E-state index contributed by atoms with van der Waals surface area (Å²) in [7, 11) is 0. The number of guanidine groups is 2. The summed E-state index contributed by atoms with van der Waals surface area (Å²) >= 11 is 0. The number of nitrogens with two attached hydrogens (primary N) is 3. The summed E-state index contributed by atoms with van der Waals surface area (Å²) in [6.45, 7) is -0.0963. The van der Waals surface area contributed by atoms with E-state index in [-0.39, 0.29) is 18.5 Å². The molecule has 4 atom stereocenters. The van der Waals surface area contributed by atoms with Crippen molar-refractivity contribution in [3.63, 3.8) is 0 Å². The second-order valence-corrected chi connectivity index (χ2v) is 8.70. The number of amides is 2. The Labute approximate surface area is 183 Å². The largest absolute Gasteiger partial charge is 0.370 e. The average Bonchev–Trinajstić information content (AvgIpc) is 3.22. The number of primary amides is 1. The third-order valence-corrected chi connectivity index (χ3v) is 6.95. The highest BCUT2D eigenvalue weighted by molar-refractivity contribution is 5.97. The summed E-state index contributed by atoms with van der Waals surface area (Å²) in [5.74, 6) is -4.13. The number of fused-ring (bicyclic) bond motifs is 1. The molecule has 3 aliphatic heterocycles. The van der Waals surface area contributed by atoms with Crippen LogP contribution >= 0.6 is 0 Å².